The number of benzene rings is 2. The normalized spacial score (nSPS) is 17.9. The molecule has 0 saturated carbocycles. The number of hydrogen-bond donors (Lipinski definition) is 1. The summed E-state index contributed by atoms with van der Waals surface area (Å²) in [5, 5.41) is 11.7. The van der Waals surface area contributed by atoms with E-state index in [0.717, 1.165) is 5.56 Å². The second-order valence-electron chi connectivity index (χ2n) is 6.96. The van der Waals surface area contributed by atoms with Crippen LogP contribution in [0, 0.1) is 6.92 Å². The van der Waals surface area contributed by atoms with Crippen LogP contribution in [-0.2, 0) is 9.59 Å². The molecule has 158 valence electrons. The van der Waals surface area contributed by atoms with Crippen LogP contribution in [0.25, 0.3) is 5.76 Å². The number of amides is 1. The Morgan fingerprint density at radius 3 is 2.52 bits per heavy atom. The number of methoxy groups -OCH3 is 1. The number of aryl methyl sites for hydroxylation is 1. The van der Waals surface area contributed by atoms with E-state index < -0.39 is 23.5 Å². The van der Waals surface area contributed by atoms with Crippen LogP contribution in [-0.4, -0.2) is 23.9 Å². The molecule has 8 heteroatoms. The van der Waals surface area contributed by atoms with Crippen LogP contribution in [0.1, 0.15) is 22.9 Å². The number of halogens is 2. The van der Waals surface area contributed by atoms with Crippen molar-refractivity contribution in [3.8, 4) is 5.75 Å². The number of aliphatic hydroxyl groups excluding tert-OH is 1. The summed E-state index contributed by atoms with van der Waals surface area (Å²) in [4.78, 5) is 27.4. The zero-order valence-electron chi connectivity index (χ0n) is 16.6. The highest BCUT2D eigenvalue weighted by molar-refractivity contribution is 6.52. The second-order valence-corrected chi connectivity index (χ2v) is 7.78. The van der Waals surface area contributed by atoms with Crippen molar-refractivity contribution in [3.05, 3.63) is 87.3 Å². The first-order valence-corrected chi connectivity index (χ1v) is 10.0. The molecule has 1 unspecified atom stereocenters. The lowest BCUT2D eigenvalue weighted by Gasteiger charge is -2.24. The molecule has 0 aliphatic carbocycles. The van der Waals surface area contributed by atoms with Crippen molar-refractivity contribution in [3.63, 3.8) is 0 Å². The molecule has 1 fully saturated rings. The van der Waals surface area contributed by atoms with Gasteiger partial charge < -0.3 is 14.3 Å². The molecule has 1 aromatic heterocycles. The van der Waals surface area contributed by atoms with E-state index in [1.807, 2.05) is 6.92 Å². The fourth-order valence-electron chi connectivity index (χ4n) is 3.50. The molecule has 1 atom stereocenters. The maximum Gasteiger partial charge on any atom is 0.300 e. The van der Waals surface area contributed by atoms with Crippen LogP contribution in [0.3, 0.4) is 0 Å². The van der Waals surface area contributed by atoms with E-state index in [2.05, 4.69) is 0 Å². The zero-order valence-corrected chi connectivity index (χ0v) is 18.1. The van der Waals surface area contributed by atoms with E-state index in [1.54, 1.807) is 36.4 Å². The third-order valence-electron chi connectivity index (χ3n) is 5.12. The predicted molar refractivity (Wildman–Crippen MR) is 118 cm³/mol. The highest BCUT2D eigenvalue weighted by Gasteiger charge is 2.48. The molecule has 31 heavy (non-hydrogen) atoms. The molecule has 1 N–H and O–H groups in total. The van der Waals surface area contributed by atoms with Gasteiger partial charge in [0.25, 0.3) is 11.7 Å². The van der Waals surface area contributed by atoms with Crippen molar-refractivity contribution in [2.45, 2.75) is 13.0 Å². The summed E-state index contributed by atoms with van der Waals surface area (Å²) in [6.45, 7) is 1.83. The highest BCUT2D eigenvalue weighted by Crippen LogP contribution is 2.44. The number of carbonyl (C=O) groups is 2. The van der Waals surface area contributed by atoms with Crippen LogP contribution < -0.4 is 9.64 Å². The van der Waals surface area contributed by atoms with Crippen LogP contribution in [0.15, 0.2) is 64.8 Å². The van der Waals surface area contributed by atoms with Gasteiger partial charge in [-0.3, -0.25) is 14.5 Å². The minimum absolute atomic E-state index is 0.146. The number of anilines is 1. The monoisotopic (exact) mass is 457 g/mol. The molecule has 0 spiro atoms. The van der Waals surface area contributed by atoms with Gasteiger partial charge in [-0.25, -0.2) is 0 Å². The van der Waals surface area contributed by atoms with Crippen LogP contribution in [0.2, 0.25) is 10.0 Å². The van der Waals surface area contributed by atoms with Crippen molar-refractivity contribution >= 4 is 46.3 Å². The van der Waals surface area contributed by atoms with Crippen molar-refractivity contribution in [2.75, 3.05) is 12.0 Å². The lowest BCUT2D eigenvalue weighted by atomic mass is 9.99. The minimum atomic E-state index is -1.00. The third kappa shape index (κ3) is 3.58. The standard InChI is InChI=1S/C23H17Cl2NO5/c1-12-5-6-13(10-17(12)25)26-20(18-4-3-9-31-18)19(22(28)23(26)29)21(27)15-11-14(30-2)7-8-16(15)24/h3-11,20,27H,1-2H3/b21-19-. The summed E-state index contributed by atoms with van der Waals surface area (Å²) in [7, 11) is 1.47. The number of furan rings is 1. The van der Waals surface area contributed by atoms with Gasteiger partial charge in [0.1, 0.15) is 23.3 Å². The molecule has 6 nitrogen and oxygen atoms in total. The number of ether oxygens (including phenoxy) is 1. The Bertz CT molecular complexity index is 1220. The van der Waals surface area contributed by atoms with Gasteiger partial charge in [0.2, 0.25) is 0 Å². The van der Waals surface area contributed by atoms with E-state index in [4.69, 9.17) is 32.4 Å². The summed E-state index contributed by atoms with van der Waals surface area (Å²) >= 11 is 12.5. The number of aliphatic hydroxyl groups is 1. The maximum atomic E-state index is 13.1. The zero-order chi connectivity index (χ0) is 22.3. The van der Waals surface area contributed by atoms with E-state index >= 15 is 0 Å². The van der Waals surface area contributed by atoms with Gasteiger partial charge in [-0.05, 0) is 55.0 Å². The first kappa shape index (κ1) is 21.0. The van der Waals surface area contributed by atoms with Gasteiger partial charge in [0, 0.05) is 16.3 Å². The summed E-state index contributed by atoms with van der Waals surface area (Å²) in [5.74, 6) is -1.38. The number of Topliss-reactive ketones (excluding diaryl/α,β-unsaturated/α-hetero) is 1. The number of carbonyl (C=O) groups excluding carboxylic acids is 2. The van der Waals surface area contributed by atoms with Gasteiger partial charge in [-0.15, -0.1) is 0 Å². The van der Waals surface area contributed by atoms with Crippen LogP contribution >= 0.6 is 23.2 Å². The fraction of sp³-hybridized carbons (Fsp3) is 0.130. The molecule has 0 bridgehead atoms. The van der Waals surface area contributed by atoms with E-state index in [9.17, 15) is 14.7 Å². The number of ketones is 1. The molecule has 3 aromatic rings. The Labute approximate surface area is 188 Å². The molecule has 0 radical (unpaired) electrons. The van der Waals surface area contributed by atoms with E-state index in [1.165, 1.54) is 30.4 Å². The second kappa shape index (κ2) is 8.13. The quantitative estimate of drug-likeness (QED) is 0.316. The molecular weight excluding hydrogens is 441 g/mol. The largest absolute Gasteiger partial charge is 0.507 e. The molecule has 1 aliphatic heterocycles. The Morgan fingerprint density at radius 1 is 1.10 bits per heavy atom. The minimum Gasteiger partial charge on any atom is -0.507 e. The Balaban J connectivity index is 1.95. The lowest BCUT2D eigenvalue weighted by Crippen LogP contribution is -2.29. The average molecular weight is 458 g/mol. The van der Waals surface area contributed by atoms with Crippen molar-refractivity contribution in [1.29, 1.82) is 0 Å². The van der Waals surface area contributed by atoms with Crippen LogP contribution in [0.4, 0.5) is 5.69 Å². The van der Waals surface area contributed by atoms with Crippen LogP contribution in [0.5, 0.6) is 5.75 Å². The summed E-state index contributed by atoms with van der Waals surface area (Å²) in [5.41, 5.74) is 1.24. The van der Waals surface area contributed by atoms with Gasteiger partial charge in [-0.1, -0.05) is 29.3 Å². The Morgan fingerprint density at radius 2 is 1.87 bits per heavy atom. The molecule has 2 aromatic carbocycles. The van der Waals surface area contributed by atoms with Crippen molar-refractivity contribution < 1.29 is 23.8 Å². The van der Waals surface area contributed by atoms with E-state index in [-0.39, 0.29) is 16.2 Å². The first-order valence-electron chi connectivity index (χ1n) is 9.28. The molecule has 1 aliphatic rings. The van der Waals surface area contributed by atoms with Gasteiger partial charge in [-0.2, -0.15) is 0 Å². The fourth-order valence-corrected chi connectivity index (χ4v) is 3.89. The topological polar surface area (TPSA) is 80.0 Å². The lowest BCUT2D eigenvalue weighted by molar-refractivity contribution is -0.132. The van der Waals surface area contributed by atoms with Gasteiger partial charge >= 0.3 is 0 Å². The average Bonchev–Trinajstić information content (AvgIpc) is 3.37. The SMILES string of the molecule is COc1ccc(Cl)c(/C(O)=C2/C(=O)C(=O)N(c3ccc(C)c(Cl)c3)C2c2ccco2)c1. The number of nitrogens with zero attached hydrogens (tertiary/aromatic N) is 1. The van der Waals surface area contributed by atoms with Crippen molar-refractivity contribution in [1.82, 2.24) is 0 Å². The molecule has 1 saturated heterocycles. The molecule has 4 rings (SSSR count). The van der Waals surface area contributed by atoms with Gasteiger partial charge in [0.05, 0.1) is 24.0 Å². The summed E-state index contributed by atoms with van der Waals surface area (Å²) in [6, 6.07) is 11.9. The van der Waals surface area contributed by atoms with Crippen molar-refractivity contribution in [2.24, 2.45) is 0 Å². The molecule has 1 amide bonds. The predicted octanol–water partition coefficient (Wildman–Crippen LogP) is 5.53. The Kier molecular flexibility index (Phi) is 5.52. The summed E-state index contributed by atoms with van der Waals surface area (Å²) in [6.07, 6.45) is 1.43. The number of rotatable bonds is 4. The van der Waals surface area contributed by atoms with E-state index in [0.29, 0.717) is 22.2 Å². The smallest absolute Gasteiger partial charge is 0.300 e. The third-order valence-corrected chi connectivity index (χ3v) is 5.86. The maximum absolute atomic E-state index is 13.1. The Hall–Kier alpha value is -3.22. The highest BCUT2D eigenvalue weighted by atomic mass is 35.5. The summed E-state index contributed by atoms with van der Waals surface area (Å²) < 4.78 is 10.7. The molecular formula is C23H17Cl2NO5. The first-order chi connectivity index (χ1) is 14.8. The van der Waals surface area contributed by atoms with Gasteiger partial charge in [0.15, 0.2) is 0 Å². The molecule has 2 heterocycles. The number of hydrogen-bond acceptors (Lipinski definition) is 5.